The van der Waals surface area contributed by atoms with E-state index >= 15 is 0 Å². The van der Waals surface area contributed by atoms with Gasteiger partial charge in [0.1, 0.15) is 0 Å². The van der Waals surface area contributed by atoms with Gasteiger partial charge in [-0.05, 0) is 24.6 Å². The Morgan fingerprint density at radius 2 is 2.56 bits per heavy atom. The summed E-state index contributed by atoms with van der Waals surface area (Å²) in [4.78, 5) is 4.09. The van der Waals surface area contributed by atoms with E-state index in [1.54, 1.807) is 6.20 Å². The van der Waals surface area contributed by atoms with Gasteiger partial charge < -0.3 is 15.4 Å². The van der Waals surface area contributed by atoms with Gasteiger partial charge in [-0.2, -0.15) is 0 Å². The molecule has 1 aromatic rings. The van der Waals surface area contributed by atoms with Crippen LogP contribution in [0.3, 0.4) is 0 Å². The summed E-state index contributed by atoms with van der Waals surface area (Å²) in [6.07, 6.45) is 5.06. The number of nitrogens with zero attached hydrogens (tertiary/aromatic N) is 1. The molecule has 1 aliphatic heterocycles. The SMILES string of the molecule is c1cncc(CCNCC2CNCCO2)c1. The molecule has 4 heteroatoms. The predicted molar refractivity (Wildman–Crippen MR) is 63.4 cm³/mol. The maximum absolute atomic E-state index is 5.59. The van der Waals surface area contributed by atoms with Crippen LogP contribution in [-0.2, 0) is 11.2 Å². The van der Waals surface area contributed by atoms with Gasteiger partial charge in [-0.15, -0.1) is 0 Å². The van der Waals surface area contributed by atoms with Gasteiger partial charge in [0.15, 0.2) is 0 Å². The number of hydrogen-bond donors (Lipinski definition) is 2. The average molecular weight is 221 g/mol. The predicted octanol–water partition coefficient (Wildman–Crippen LogP) is 0.202. The molecule has 2 rings (SSSR count). The molecule has 88 valence electrons. The number of nitrogens with one attached hydrogen (secondary N) is 2. The van der Waals surface area contributed by atoms with Crippen LogP contribution in [0.1, 0.15) is 5.56 Å². The zero-order valence-electron chi connectivity index (χ0n) is 9.48. The second-order valence-corrected chi connectivity index (χ2v) is 4.01. The molecule has 4 nitrogen and oxygen atoms in total. The second-order valence-electron chi connectivity index (χ2n) is 4.01. The fraction of sp³-hybridized carbons (Fsp3) is 0.583. The lowest BCUT2D eigenvalue weighted by molar-refractivity contribution is 0.0294. The minimum atomic E-state index is 0.322. The molecule has 2 N–H and O–H groups in total. The Morgan fingerprint density at radius 1 is 1.56 bits per heavy atom. The Balaban J connectivity index is 1.58. The highest BCUT2D eigenvalue weighted by Gasteiger charge is 2.11. The first-order chi connectivity index (χ1) is 7.95. The van der Waals surface area contributed by atoms with E-state index in [0.717, 1.165) is 39.2 Å². The van der Waals surface area contributed by atoms with E-state index < -0.39 is 0 Å². The smallest absolute Gasteiger partial charge is 0.0824 e. The van der Waals surface area contributed by atoms with Gasteiger partial charge in [0, 0.05) is 32.0 Å². The Labute approximate surface area is 96.4 Å². The third-order valence-corrected chi connectivity index (χ3v) is 2.69. The molecular weight excluding hydrogens is 202 g/mol. The molecule has 1 aromatic heterocycles. The van der Waals surface area contributed by atoms with Gasteiger partial charge in [-0.25, -0.2) is 0 Å². The highest BCUT2D eigenvalue weighted by atomic mass is 16.5. The van der Waals surface area contributed by atoms with Crippen LogP contribution in [0, 0.1) is 0 Å². The molecule has 2 heterocycles. The van der Waals surface area contributed by atoms with Crippen LogP contribution in [0.15, 0.2) is 24.5 Å². The minimum absolute atomic E-state index is 0.322. The van der Waals surface area contributed by atoms with Crippen molar-refractivity contribution in [1.29, 1.82) is 0 Å². The zero-order valence-corrected chi connectivity index (χ0v) is 9.48. The number of ether oxygens (including phenoxy) is 1. The highest BCUT2D eigenvalue weighted by molar-refractivity contribution is 5.08. The zero-order chi connectivity index (χ0) is 11.1. The van der Waals surface area contributed by atoms with Crippen LogP contribution in [0.25, 0.3) is 0 Å². The molecule has 16 heavy (non-hydrogen) atoms. The molecular formula is C12H19N3O. The van der Waals surface area contributed by atoms with E-state index in [-0.39, 0.29) is 0 Å². The second kappa shape index (κ2) is 6.58. The summed E-state index contributed by atoms with van der Waals surface area (Å²) < 4.78 is 5.59. The van der Waals surface area contributed by atoms with Crippen LogP contribution in [0.5, 0.6) is 0 Å². The third kappa shape index (κ3) is 3.89. The van der Waals surface area contributed by atoms with Gasteiger partial charge in [-0.1, -0.05) is 6.07 Å². The van der Waals surface area contributed by atoms with Crippen LogP contribution in [-0.4, -0.2) is 43.9 Å². The van der Waals surface area contributed by atoms with Crippen molar-refractivity contribution in [2.75, 3.05) is 32.8 Å². The van der Waals surface area contributed by atoms with E-state index in [1.807, 2.05) is 12.3 Å². The van der Waals surface area contributed by atoms with Gasteiger partial charge in [0.25, 0.3) is 0 Å². The number of pyridine rings is 1. The molecule has 0 spiro atoms. The lowest BCUT2D eigenvalue weighted by atomic mass is 10.2. The van der Waals surface area contributed by atoms with Gasteiger partial charge in [0.05, 0.1) is 12.7 Å². The van der Waals surface area contributed by atoms with Gasteiger partial charge in [-0.3, -0.25) is 4.98 Å². The Kier molecular flexibility index (Phi) is 4.73. The molecule has 0 aromatic carbocycles. The molecule has 1 unspecified atom stereocenters. The Morgan fingerprint density at radius 3 is 3.31 bits per heavy atom. The monoisotopic (exact) mass is 221 g/mol. The number of aromatic nitrogens is 1. The summed E-state index contributed by atoms with van der Waals surface area (Å²) in [5, 5.41) is 6.73. The van der Waals surface area contributed by atoms with Crippen molar-refractivity contribution >= 4 is 0 Å². The lowest BCUT2D eigenvalue weighted by Crippen LogP contribution is -2.44. The molecule has 1 aliphatic rings. The summed E-state index contributed by atoms with van der Waals surface area (Å²) in [6, 6.07) is 4.08. The van der Waals surface area contributed by atoms with Crippen LogP contribution >= 0.6 is 0 Å². The van der Waals surface area contributed by atoms with Crippen molar-refractivity contribution in [2.45, 2.75) is 12.5 Å². The molecule has 0 saturated carbocycles. The number of hydrogen-bond acceptors (Lipinski definition) is 4. The number of rotatable bonds is 5. The van der Waals surface area contributed by atoms with Crippen molar-refractivity contribution in [3.63, 3.8) is 0 Å². The van der Waals surface area contributed by atoms with Crippen molar-refractivity contribution in [1.82, 2.24) is 15.6 Å². The molecule has 0 radical (unpaired) electrons. The van der Waals surface area contributed by atoms with E-state index in [1.165, 1.54) is 5.56 Å². The quantitative estimate of drug-likeness (QED) is 0.697. The summed E-state index contributed by atoms with van der Waals surface area (Å²) in [5.74, 6) is 0. The van der Waals surface area contributed by atoms with Crippen molar-refractivity contribution in [2.24, 2.45) is 0 Å². The van der Waals surface area contributed by atoms with E-state index in [0.29, 0.717) is 6.10 Å². The number of morpholine rings is 1. The first-order valence-corrected chi connectivity index (χ1v) is 5.87. The van der Waals surface area contributed by atoms with Crippen LogP contribution in [0.2, 0.25) is 0 Å². The summed E-state index contributed by atoms with van der Waals surface area (Å²) >= 11 is 0. The highest BCUT2D eigenvalue weighted by Crippen LogP contribution is 1.97. The molecule has 1 saturated heterocycles. The Hall–Kier alpha value is -0.970. The molecule has 1 atom stereocenters. The van der Waals surface area contributed by atoms with Crippen LogP contribution < -0.4 is 10.6 Å². The molecule has 0 amide bonds. The van der Waals surface area contributed by atoms with Crippen LogP contribution in [0.4, 0.5) is 0 Å². The summed E-state index contributed by atoms with van der Waals surface area (Å²) in [5.41, 5.74) is 1.28. The van der Waals surface area contributed by atoms with Gasteiger partial charge >= 0.3 is 0 Å². The van der Waals surface area contributed by atoms with Crippen molar-refractivity contribution in [3.8, 4) is 0 Å². The van der Waals surface area contributed by atoms with E-state index in [2.05, 4.69) is 21.7 Å². The molecule has 1 fully saturated rings. The maximum Gasteiger partial charge on any atom is 0.0824 e. The van der Waals surface area contributed by atoms with Gasteiger partial charge in [0.2, 0.25) is 0 Å². The topological polar surface area (TPSA) is 46.2 Å². The average Bonchev–Trinajstić information content (AvgIpc) is 2.37. The molecule has 0 aliphatic carbocycles. The van der Waals surface area contributed by atoms with E-state index in [9.17, 15) is 0 Å². The summed E-state index contributed by atoms with van der Waals surface area (Å²) in [7, 11) is 0. The standard InChI is InChI=1S/C12H19N3O/c1-2-11(8-13-4-1)3-5-14-9-12-10-15-6-7-16-12/h1-2,4,8,12,14-15H,3,5-7,9-10H2. The van der Waals surface area contributed by atoms with Crippen molar-refractivity contribution in [3.05, 3.63) is 30.1 Å². The summed E-state index contributed by atoms with van der Waals surface area (Å²) in [6.45, 7) is 4.67. The fourth-order valence-electron chi connectivity index (χ4n) is 1.79. The Bertz CT molecular complexity index is 286. The minimum Gasteiger partial charge on any atom is -0.374 e. The lowest BCUT2D eigenvalue weighted by Gasteiger charge is -2.23. The normalized spacial score (nSPS) is 20.9. The first kappa shape index (κ1) is 11.5. The third-order valence-electron chi connectivity index (χ3n) is 2.69. The van der Waals surface area contributed by atoms with Crippen molar-refractivity contribution < 1.29 is 4.74 Å². The maximum atomic E-state index is 5.59. The molecule has 0 bridgehead atoms. The van der Waals surface area contributed by atoms with E-state index in [4.69, 9.17) is 4.74 Å². The largest absolute Gasteiger partial charge is 0.374 e. The fourth-order valence-corrected chi connectivity index (χ4v) is 1.79. The first-order valence-electron chi connectivity index (χ1n) is 5.87.